The average molecular weight is 376 g/mol. The van der Waals surface area contributed by atoms with Crippen LogP contribution in [0.5, 0.6) is 0 Å². The van der Waals surface area contributed by atoms with Crippen LogP contribution in [0.4, 0.5) is 13.2 Å². The summed E-state index contributed by atoms with van der Waals surface area (Å²) in [6.45, 7) is 0.849. The second-order valence-corrected chi connectivity index (χ2v) is 6.99. The minimum absolute atomic E-state index is 0.166. The molecule has 3 rings (SSSR count). The molecule has 3 N–H and O–H groups in total. The van der Waals surface area contributed by atoms with E-state index in [4.69, 9.17) is 0 Å². The van der Waals surface area contributed by atoms with Crippen LogP contribution >= 0.6 is 0 Å². The molecule has 3 aromatic rings. The summed E-state index contributed by atoms with van der Waals surface area (Å²) in [6.07, 6.45) is -4.03. The quantitative estimate of drug-likeness (QED) is 0.639. The standard InChI is InChI=1S/C13H11F3N4O4S/c1-6-2-8-9(19-12(21)18-8)3-10(6)25(22,23)17-4-7-5-24-20-11(7)13(14,15)16/h2-3,5,17H,4H2,1H3,(H2,18,19,21). The van der Waals surface area contributed by atoms with E-state index in [2.05, 4.69) is 24.4 Å². The SMILES string of the molecule is Cc1cc2[nH]c(=O)[nH]c2cc1S(=O)(=O)NCc1conc1C(F)(F)F. The molecule has 0 radical (unpaired) electrons. The summed E-state index contributed by atoms with van der Waals surface area (Å²) in [6, 6.07) is 2.67. The number of halogens is 3. The van der Waals surface area contributed by atoms with E-state index in [9.17, 15) is 26.4 Å². The summed E-state index contributed by atoms with van der Waals surface area (Å²) >= 11 is 0. The van der Waals surface area contributed by atoms with Crippen molar-refractivity contribution in [1.29, 1.82) is 0 Å². The molecule has 0 atom stereocenters. The molecule has 12 heteroatoms. The van der Waals surface area contributed by atoms with Gasteiger partial charge in [0.05, 0.1) is 15.9 Å². The Labute approximate surface area is 138 Å². The first-order valence-corrected chi connectivity index (χ1v) is 8.29. The maximum atomic E-state index is 12.7. The fraction of sp³-hybridized carbons (Fsp3) is 0.231. The van der Waals surface area contributed by atoms with Gasteiger partial charge in [-0.15, -0.1) is 0 Å². The largest absolute Gasteiger partial charge is 0.437 e. The van der Waals surface area contributed by atoms with Gasteiger partial charge in [-0.3, -0.25) is 0 Å². The monoisotopic (exact) mass is 376 g/mol. The van der Waals surface area contributed by atoms with Gasteiger partial charge in [0.15, 0.2) is 5.69 Å². The normalized spacial score (nSPS) is 12.8. The second kappa shape index (κ2) is 5.74. The number of imidazole rings is 1. The van der Waals surface area contributed by atoms with Crippen molar-refractivity contribution in [3.05, 3.63) is 45.7 Å². The van der Waals surface area contributed by atoms with Gasteiger partial charge in [-0.05, 0) is 24.6 Å². The Hall–Kier alpha value is -2.60. The Morgan fingerprint density at radius 2 is 1.88 bits per heavy atom. The minimum Gasteiger partial charge on any atom is -0.364 e. The average Bonchev–Trinajstić information content (AvgIpc) is 3.08. The first-order valence-electron chi connectivity index (χ1n) is 6.81. The molecule has 134 valence electrons. The molecule has 0 spiro atoms. The van der Waals surface area contributed by atoms with Gasteiger partial charge < -0.3 is 14.5 Å². The highest BCUT2D eigenvalue weighted by atomic mass is 32.2. The number of aromatic amines is 2. The third kappa shape index (κ3) is 3.30. The molecule has 0 amide bonds. The van der Waals surface area contributed by atoms with Crippen LogP contribution in [0.1, 0.15) is 16.8 Å². The molecular weight excluding hydrogens is 365 g/mol. The number of aromatic nitrogens is 3. The number of benzene rings is 1. The van der Waals surface area contributed by atoms with Crippen molar-refractivity contribution >= 4 is 21.1 Å². The summed E-state index contributed by atoms with van der Waals surface area (Å²) in [5.41, 5.74) is -1.24. The second-order valence-electron chi connectivity index (χ2n) is 5.25. The minimum atomic E-state index is -4.76. The Morgan fingerprint density at radius 3 is 2.52 bits per heavy atom. The molecule has 0 aliphatic heterocycles. The van der Waals surface area contributed by atoms with Crippen LogP contribution in [0.25, 0.3) is 11.0 Å². The maximum Gasteiger partial charge on any atom is 0.437 e. The lowest BCUT2D eigenvalue weighted by Gasteiger charge is -2.10. The van der Waals surface area contributed by atoms with Crippen LogP contribution < -0.4 is 10.4 Å². The molecule has 2 aromatic heterocycles. The van der Waals surface area contributed by atoms with Gasteiger partial charge in [-0.25, -0.2) is 17.9 Å². The van der Waals surface area contributed by atoms with Gasteiger partial charge in [0.2, 0.25) is 10.0 Å². The van der Waals surface area contributed by atoms with Crippen molar-refractivity contribution in [2.75, 3.05) is 0 Å². The lowest BCUT2D eigenvalue weighted by Crippen LogP contribution is -2.25. The van der Waals surface area contributed by atoms with Gasteiger partial charge in [-0.1, -0.05) is 5.16 Å². The highest BCUT2D eigenvalue weighted by Crippen LogP contribution is 2.31. The molecule has 0 fully saturated rings. The van der Waals surface area contributed by atoms with Crippen molar-refractivity contribution in [2.24, 2.45) is 0 Å². The molecule has 1 aromatic carbocycles. The maximum absolute atomic E-state index is 12.7. The zero-order valence-electron chi connectivity index (χ0n) is 12.6. The number of nitrogens with zero attached hydrogens (tertiary/aromatic N) is 1. The van der Waals surface area contributed by atoms with Crippen LogP contribution in [-0.2, 0) is 22.7 Å². The van der Waals surface area contributed by atoms with Gasteiger partial charge >= 0.3 is 11.9 Å². The summed E-state index contributed by atoms with van der Waals surface area (Å²) < 4.78 is 69.4. The van der Waals surface area contributed by atoms with Crippen molar-refractivity contribution in [3.63, 3.8) is 0 Å². The van der Waals surface area contributed by atoms with E-state index in [-0.39, 0.29) is 10.4 Å². The van der Waals surface area contributed by atoms with Crippen LogP contribution in [0.2, 0.25) is 0 Å². The van der Waals surface area contributed by atoms with Gasteiger partial charge in [0, 0.05) is 12.1 Å². The first kappa shape index (κ1) is 17.2. The fourth-order valence-electron chi connectivity index (χ4n) is 2.33. The Kier molecular flexibility index (Phi) is 3.95. The van der Waals surface area contributed by atoms with Crippen molar-refractivity contribution in [3.8, 4) is 0 Å². The van der Waals surface area contributed by atoms with Gasteiger partial charge in [-0.2, -0.15) is 13.2 Å². The van der Waals surface area contributed by atoms with E-state index < -0.39 is 39.7 Å². The molecule has 0 aliphatic rings. The van der Waals surface area contributed by atoms with E-state index in [1.54, 1.807) is 0 Å². The number of fused-ring (bicyclic) bond motifs is 1. The van der Waals surface area contributed by atoms with E-state index in [0.29, 0.717) is 11.1 Å². The highest BCUT2D eigenvalue weighted by molar-refractivity contribution is 7.89. The number of hydrogen-bond donors (Lipinski definition) is 3. The van der Waals surface area contributed by atoms with Crippen LogP contribution in [0, 0.1) is 6.92 Å². The zero-order valence-corrected chi connectivity index (χ0v) is 13.4. The van der Waals surface area contributed by atoms with E-state index in [1.807, 2.05) is 0 Å². The smallest absolute Gasteiger partial charge is 0.364 e. The van der Waals surface area contributed by atoms with Crippen LogP contribution in [0.15, 0.2) is 32.6 Å². The first-order chi connectivity index (χ1) is 11.6. The number of nitrogens with one attached hydrogen (secondary N) is 3. The Morgan fingerprint density at radius 1 is 1.24 bits per heavy atom. The molecule has 0 unspecified atom stereocenters. The number of alkyl halides is 3. The van der Waals surface area contributed by atoms with Crippen LogP contribution in [0.3, 0.4) is 0 Å². The summed E-state index contributed by atoms with van der Waals surface area (Å²) in [5.74, 6) is 0. The number of rotatable bonds is 4. The van der Waals surface area contributed by atoms with Gasteiger partial charge in [0.25, 0.3) is 0 Å². The van der Waals surface area contributed by atoms with E-state index >= 15 is 0 Å². The highest BCUT2D eigenvalue weighted by Gasteiger charge is 2.37. The van der Waals surface area contributed by atoms with Crippen molar-refractivity contribution in [1.82, 2.24) is 19.8 Å². The third-order valence-electron chi connectivity index (χ3n) is 3.47. The summed E-state index contributed by atoms with van der Waals surface area (Å²) in [7, 11) is -4.13. The lowest BCUT2D eigenvalue weighted by atomic mass is 10.2. The lowest BCUT2D eigenvalue weighted by molar-refractivity contribution is -0.143. The summed E-state index contributed by atoms with van der Waals surface area (Å²) in [5, 5.41) is 2.84. The van der Waals surface area contributed by atoms with Crippen molar-refractivity contribution < 1.29 is 26.1 Å². The van der Waals surface area contributed by atoms with E-state index in [0.717, 1.165) is 6.26 Å². The molecule has 0 bridgehead atoms. The number of aryl methyl sites for hydroxylation is 1. The molecular formula is C13H11F3N4O4S. The molecule has 2 heterocycles. The zero-order chi connectivity index (χ0) is 18.4. The van der Waals surface area contributed by atoms with Crippen molar-refractivity contribution in [2.45, 2.75) is 24.5 Å². The fourth-order valence-corrected chi connectivity index (χ4v) is 3.58. The molecule has 0 saturated heterocycles. The molecule has 8 nitrogen and oxygen atoms in total. The topological polar surface area (TPSA) is 121 Å². The Bertz CT molecular complexity index is 1090. The molecule has 25 heavy (non-hydrogen) atoms. The molecule has 0 aliphatic carbocycles. The summed E-state index contributed by atoms with van der Waals surface area (Å²) in [4.78, 5) is 16.0. The van der Waals surface area contributed by atoms with Gasteiger partial charge in [0.1, 0.15) is 6.26 Å². The predicted molar refractivity (Wildman–Crippen MR) is 79.2 cm³/mol. The number of sulfonamides is 1. The van der Waals surface area contributed by atoms with E-state index in [1.165, 1.54) is 19.1 Å². The molecule has 0 saturated carbocycles. The predicted octanol–water partition coefficient (Wildman–Crippen LogP) is 1.65. The third-order valence-corrected chi connectivity index (χ3v) is 5.01. The Balaban J connectivity index is 1.91. The number of hydrogen-bond acceptors (Lipinski definition) is 5. The number of H-pyrrole nitrogens is 2. The van der Waals surface area contributed by atoms with Crippen LogP contribution in [-0.4, -0.2) is 23.5 Å².